The maximum absolute atomic E-state index is 12.8. The molecule has 388 valence electrons. The first-order valence-corrected chi connectivity index (χ1v) is 29.3. The molecule has 0 saturated heterocycles. The van der Waals surface area contributed by atoms with E-state index in [1.807, 2.05) is 0 Å². The van der Waals surface area contributed by atoms with Crippen molar-refractivity contribution in [1.82, 2.24) is 0 Å². The number of hydrogen-bond donors (Lipinski definition) is 0. The molecule has 0 spiro atoms. The van der Waals surface area contributed by atoms with Crippen molar-refractivity contribution < 1.29 is 28.6 Å². The maximum atomic E-state index is 12.8. The van der Waals surface area contributed by atoms with Crippen LogP contribution in [0.1, 0.15) is 323 Å². The Morgan fingerprint density at radius 3 is 0.833 bits per heavy atom. The van der Waals surface area contributed by atoms with Gasteiger partial charge >= 0.3 is 17.9 Å². The lowest BCUT2D eigenvalue weighted by atomic mass is 10.0. The zero-order chi connectivity index (χ0) is 47.9. The van der Waals surface area contributed by atoms with Gasteiger partial charge in [0.15, 0.2) is 6.10 Å². The topological polar surface area (TPSA) is 78.9 Å². The maximum Gasteiger partial charge on any atom is 0.306 e. The molecule has 1 unspecified atom stereocenters. The van der Waals surface area contributed by atoms with Gasteiger partial charge in [0.1, 0.15) is 13.2 Å². The normalized spacial score (nSPS) is 12.1. The number of rotatable bonds is 54. The van der Waals surface area contributed by atoms with Crippen molar-refractivity contribution in [3.63, 3.8) is 0 Å². The van der Waals surface area contributed by atoms with Gasteiger partial charge < -0.3 is 14.2 Å². The van der Waals surface area contributed by atoms with E-state index in [0.29, 0.717) is 19.3 Å². The Balaban J connectivity index is 4.28. The molecule has 0 aliphatic carbocycles. The monoisotopic (exact) mass is 929 g/mol. The van der Waals surface area contributed by atoms with Crippen LogP contribution < -0.4 is 0 Å². The first-order valence-electron chi connectivity index (χ1n) is 29.3. The second-order valence-electron chi connectivity index (χ2n) is 19.9. The highest BCUT2D eigenvalue weighted by atomic mass is 16.6. The minimum atomic E-state index is -0.767. The smallest absolute Gasteiger partial charge is 0.306 e. The first-order chi connectivity index (χ1) is 32.5. The second-order valence-corrected chi connectivity index (χ2v) is 19.9. The zero-order valence-electron chi connectivity index (χ0n) is 44.5. The summed E-state index contributed by atoms with van der Waals surface area (Å²) in [5.41, 5.74) is 0. The molecule has 0 aliphatic heterocycles. The Hall–Kier alpha value is -2.11. The minimum Gasteiger partial charge on any atom is -0.462 e. The second kappa shape index (κ2) is 55.5. The van der Waals surface area contributed by atoms with Gasteiger partial charge in [-0.3, -0.25) is 14.4 Å². The summed E-state index contributed by atoms with van der Waals surface area (Å²) in [7, 11) is 0. The average Bonchev–Trinajstić information content (AvgIpc) is 3.31. The number of allylic oxidation sites excluding steroid dienone is 4. The zero-order valence-corrected chi connectivity index (χ0v) is 44.5. The molecule has 0 amide bonds. The third-order valence-electron chi connectivity index (χ3n) is 13.2. The highest BCUT2D eigenvalue weighted by Crippen LogP contribution is 2.17. The first kappa shape index (κ1) is 63.9. The quantitative estimate of drug-likeness (QED) is 0.0262. The molecule has 6 heteroatoms. The summed E-state index contributed by atoms with van der Waals surface area (Å²) in [4.78, 5) is 38.1. The van der Waals surface area contributed by atoms with Gasteiger partial charge in [-0.1, -0.05) is 276 Å². The van der Waals surface area contributed by atoms with Gasteiger partial charge in [0.2, 0.25) is 0 Å². The Bertz CT molecular complexity index is 1070. The van der Waals surface area contributed by atoms with Gasteiger partial charge in [-0.05, 0) is 51.4 Å². The summed E-state index contributed by atoms with van der Waals surface area (Å²) in [6.07, 6.45) is 64.5. The number of unbranched alkanes of at least 4 members (excludes halogenated alkanes) is 39. The van der Waals surface area contributed by atoms with E-state index < -0.39 is 6.10 Å². The molecule has 0 saturated carbocycles. The average molecular weight is 930 g/mol. The Kier molecular flexibility index (Phi) is 53.7. The summed E-state index contributed by atoms with van der Waals surface area (Å²) in [5.74, 6) is -0.849. The molecule has 0 radical (unpaired) electrons. The van der Waals surface area contributed by atoms with Gasteiger partial charge in [-0.15, -0.1) is 0 Å². The van der Waals surface area contributed by atoms with E-state index >= 15 is 0 Å². The van der Waals surface area contributed by atoms with Crippen molar-refractivity contribution in [3.8, 4) is 0 Å². The SMILES string of the molecule is CCCCCCC/C=C\C/C=C\CCCCCCCCCCCC(=O)OCC(COC(=O)CCCCCCCCCCCCCCC)OC(=O)CCCCCCCCCCCCCCCC. The van der Waals surface area contributed by atoms with Crippen LogP contribution in [0.5, 0.6) is 0 Å². The third kappa shape index (κ3) is 52.9. The molecule has 0 heterocycles. The van der Waals surface area contributed by atoms with Crippen LogP contribution in [0.3, 0.4) is 0 Å². The minimum absolute atomic E-state index is 0.0668. The van der Waals surface area contributed by atoms with Crippen molar-refractivity contribution >= 4 is 17.9 Å². The van der Waals surface area contributed by atoms with Gasteiger partial charge in [0.25, 0.3) is 0 Å². The Morgan fingerprint density at radius 1 is 0.303 bits per heavy atom. The molecule has 66 heavy (non-hydrogen) atoms. The molecular formula is C60H112O6. The number of carbonyl (C=O) groups excluding carboxylic acids is 3. The van der Waals surface area contributed by atoms with E-state index in [1.54, 1.807) is 0 Å². The fraction of sp³-hybridized carbons (Fsp3) is 0.883. The summed E-state index contributed by atoms with van der Waals surface area (Å²) < 4.78 is 16.9. The molecule has 6 nitrogen and oxygen atoms in total. The van der Waals surface area contributed by atoms with E-state index in [-0.39, 0.29) is 31.1 Å². The predicted octanol–water partition coefficient (Wildman–Crippen LogP) is 19.5. The van der Waals surface area contributed by atoms with Crippen LogP contribution in [0.25, 0.3) is 0 Å². The van der Waals surface area contributed by atoms with Gasteiger partial charge in [-0.25, -0.2) is 0 Å². The van der Waals surface area contributed by atoms with Crippen LogP contribution in [0, 0.1) is 0 Å². The van der Waals surface area contributed by atoms with E-state index in [9.17, 15) is 14.4 Å². The lowest BCUT2D eigenvalue weighted by molar-refractivity contribution is -0.167. The molecular weight excluding hydrogens is 817 g/mol. The van der Waals surface area contributed by atoms with Crippen molar-refractivity contribution in [2.24, 2.45) is 0 Å². The van der Waals surface area contributed by atoms with Gasteiger partial charge in [-0.2, -0.15) is 0 Å². The van der Waals surface area contributed by atoms with Crippen LogP contribution in [0.2, 0.25) is 0 Å². The summed E-state index contributed by atoms with van der Waals surface area (Å²) in [5, 5.41) is 0. The van der Waals surface area contributed by atoms with E-state index in [4.69, 9.17) is 14.2 Å². The molecule has 0 aromatic heterocycles. The van der Waals surface area contributed by atoms with Crippen molar-refractivity contribution in [2.75, 3.05) is 13.2 Å². The van der Waals surface area contributed by atoms with Crippen molar-refractivity contribution in [2.45, 2.75) is 329 Å². The lowest BCUT2D eigenvalue weighted by Crippen LogP contribution is -2.30. The van der Waals surface area contributed by atoms with Gasteiger partial charge in [0, 0.05) is 19.3 Å². The highest BCUT2D eigenvalue weighted by Gasteiger charge is 2.19. The van der Waals surface area contributed by atoms with Crippen LogP contribution in [0.15, 0.2) is 24.3 Å². The summed E-state index contributed by atoms with van der Waals surface area (Å²) >= 11 is 0. The molecule has 0 fully saturated rings. The molecule has 0 bridgehead atoms. The number of esters is 3. The third-order valence-corrected chi connectivity index (χ3v) is 13.2. The van der Waals surface area contributed by atoms with Crippen LogP contribution in [-0.4, -0.2) is 37.2 Å². The standard InChI is InChI=1S/C60H112O6/c1-4-7-10-13-16-19-22-25-27-28-29-30-31-32-33-36-38-41-44-47-50-53-59(62)65-56-57(55-64-58(61)52-49-46-43-40-37-34-24-21-18-15-12-9-6-3)66-60(63)54-51-48-45-42-39-35-26-23-20-17-14-11-8-5-2/h22,25,28-29,57H,4-21,23-24,26-27,30-56H2,1-3H3/b25-22-,29-28-. The Morgan fingerprint density at radius 2 is 0.545 bits per heavy atom. The fourth-order valence-electron chi connectivity index (χ4n) is 8.77. The number of ether oxygens (including phenoxy) is 3. The Labute approximate surface area is 411 Å². The van der Waals surface area contributed by atoms with Crippen molar-refractivity contribution in [3.05, 3.63) is 24.3 Å². The molecule has 1 atom stereocenters. The summed E-state index contributed by atoms with van der Waals surface area (Å²) in [6.45, 7) is 6.67. The van der Waals surface area contributed by atoms with E-state index in [2.05, 4.69) is 45.1 Å². The van der Waals surface area contributed by atoms with Crippen LogP contribution >= 0.6 is 0 Å². The molecule has 0 aromatic carbocycles. The lowest BCUT2D eigenvalue weighted by Gasteiger charge is -2.18. The summed E-state index contributed by atoms with van der Waals surface area (Å²) in [6, 6.07) is 0. The highest BCUT2D eigenvalue weighted by molar-refractivity contribution is 5.71. The van der Waals surface area contributed by atoms with E-state index in [1.165, 1.54) is 218 Å². The van der Waals surface area contributed by atoms with E-state index in [0.717, 1.165) is 64.2 Å². The van der Waals surface area contributed by atoms with Crippen LogP contribution in [-0.2, 0) is 28.6 Å². The predicted molar refractivity (Wildman–Crippen MR) is 284 cm³/mol. The number of hydrogen-bond acceptors (Lipinski definition) is 6. The molecule has 0 aromatic rings. The molecule has 0 rings (SSSR count). The largest absolute Gasteiger partial charge is 0.462 e. The molecule has 0 aliphatic rings. The number of carbonyl (C=O) groups is 3. The van der Waals surface area contributed by atoms with Crippen molar-refractivity contribution in [1.29, 1.82) is 0 Å². The van der Waals surface area contributed by atoms with Crippen LogP contribution in [0.4, 0.5) is 0 Å². The van der Waals surface area contributed by atoms with Gasteiger partial charge in [0.05, 0.1) is 0 Å². The molecule has 0 N–H and O–H groups in total. The fourth-order valence-corrected chi connectivity index (χ4v) is 8.77.